The molecule has 0 aliphatic heterocycles. The topological polar surface area (TPSA) is 122 Å². The lowest BCUT2D eigenvalue weighted by Crippen LogP contribution is -2.42. The van der Waals surface area contributed by atoms with E-state index in [1.807, 2.05) is 0 Å². The van der Waals surface area contributed by atoms with E-state index in [1.165, 1.54) is 31.3 Å². The summed E-state index contributed by atoms with van der Waals surface area (Å²) in [4.78, 5) is 47.1. The van der Waals surface area contributed by atoms with Gasteiger partial charge in [0.25, 0.3) is 0 Å². The molecule has 7 nitrogen and oxygen atoms in total. The molecule has 2 saturated carbocycles. The van der Waals surface area contributed by atoms with Crippen LogP contribution in [0.25, 0.3) is 0 Å². The second kappa shape index (κ2) is 8.06. The molecule has 2 fully saturated rings. The molecule has 2 unspecified atom stereocenters. The summed E-state index contributed by atoms with van der Waals surface area (Å²) in [6, 6.07) is 0. The van der Waals surface area contributed by atoms with Gasteiger partial charge in [-0.1, -0.05) is 38.0 Å². The van der Waals surface area contributed by atoms with Crippen LogP contribution in [0.2, 0.25) is 0 Å². The van der Waals surface area contributed by atoms with Gasteiger partial charge in [-0.3, -0.25) is 0 Å². The Kier molecular flexibility index (Phi) is 6.50. The van der Waals surface area contributed by atoms with Gasteiger partial charge in [-0.2, -0.15) is 24.1 Å². The van der Waals surface area contributed by atoms with Gasteiger partial charge in [-0.15, -0.1) is 0 Å². The summed E-state index contributed by atoms with van der Waals surface area (Å²) in [5, 5.41) is 0. The molecular formula is C18H31O7P2+. The maximum absolute atomic E-state index is 11.5. The summed E-state index contributed by atoms with van der Waals surface area (Å²) in [6.45, 7) is 4.64. The fraction of sp³-hybridized carbons (Fsp3) is 0.778. The van der Waals surface area contributed by atoms with Gasteiger partial charge in [0.2, 0.25) is 0 Å². The molecule has 3 aliphatic rings. The maximum atomic E-state index is 11.5. The van der Waals surface area contributed by atoms with E-state index in [0.29, 0.717) is 11.3 Å². The molecule has 0 amide bonds. The van der Waals surface area contributed by atoms with Crippen LogP contribution in [-0.4, -0.2) is 26.2 Å². The van der Waals surface area contributed by atoms with Crippen LogP contribution in [0, 0.1) is 23.2 Å². The number of hydrogen-bond acceptors (Lipinski definition) is 7. The summed E-state index contributed by atoms with van der Waals surface area (Å²) in [6.07, 6.45) is 12.2. The lowest BCUT2D eigenvalue weighted by atomic mass is 9.53. The van der Waals surface area contributed by atoms with Crippen molar-refractivity contribution in [3.63, 3.8) is 0 Å². The molecule has 4 N–H and O–H groups in total. The predicted molar refractivity (Wildman–Crippen MR) is 102 cm³/mol. The number of rotatable bonds is 5. The molecule has 0 aromatic carbocycles. The van der Waals surface area contributed by atoms with Gasteiger partial charge in [0.05, 0.1) is 4.31 Å². The highest BCUT2D eigenvalue weighted by molar-refractivity contribution is 7.66. The minimum absolute atomic E-state index is 0.198. The lowest BCUT2D eigenvalue weighted by Gasteiger charge is -2.52. The second-order valence-electron chi connectivity index (χ2n) is 8.69. The zero-order valence-corrected chi connectivity index (χ0v) is 17.7. The smallest absolute Gasteiger partial charge is 0.602 e. The largest absolute Gasteiger partial charge is 0.612 e. The third kappa shape index (κ3) is 5.57. The Morgan fingerprint density at radius 3 is 2.63 bits per heavy atom. The van der Waals surface area contributed by atoms with Crippen LogP contribution in [0.4, 0.5) is 0 Å². The standard InChI is InChI=1S/C18H30O7P2/c1-18(2)10-3-4-16-15-7-5-13(12-14(15)6-8-17(16)18)9-11-24-27(22,23)25-26(19,20)21/h9,12,15-17,19-21H,3-8,10-11H2,1-2H3/p+1/b13-9-/t15-,16?,17+/m1/s1. The van der Waals surface area contributed by atoms with Crippen LogP contribution >= 0.6 is 16.3 Å². The number of allylic oxidation sites excluding steroid dienone is 3. The van der Waals surface area contributed by atoms with E-state index in [1.54, 1.807) is 6.08 Å². The van der Waals surface area contributed by atoms with Crippen molar-refractivity contribution >= 4 is 16.3 Å². The van der Waals surface area contributed by atoms with Crippen molar-refractivity contribution in [1.82, 2.24) is 0 Å². The van der Waals surface area contributed by atoms with E-state index >= 15 is 0 Å². The van der Waals surface area contributed by atoms with Gasteiger partial charge in [-0.25, -0.2) is 0 Å². The summed E-state index contributed by atoms with van der Waals surface area (Å²) in [5.74, 6) is 2.23. The minimum Gasteiger partial charge on any atom is -0.602 e. The number of phosphoric acid groups is 1. The Hall–Kier alpha value is 0.0600. The predicted octanol–water partition coefficient (Wildman–Crippen LogP) is 3.20. The third-order valence-electron chi connectivity index (χ3n) is 6.53. The van der Waals surface area contributed by atoms with Crippen LogP contribution < -0.4 is 4.89 Å². The van der Waals surface area contributed by atoms with Gasteiger partial charge in [0.15, 0.2) is 0 Å². The molecule has 0 radical (unpaired) electrons. The van der Waals surface area contributed by atoms with E-state index < -0.39 is 16.3 Å². The van der Waals surface area contributed by atoms with Gasteiger partial charge in [0.1, 0.15) is 6.61 Å². The van der Waals surface area contributed by atoms with Crippen LogP contribution in [-0.2, 0) is 8.83 Å². The monoisotopic (exact) mass is 421 g/mol. The quantitative estimate of drug-likeness (QED) is 0.503. The fourth-order valence-electron chi connectivity index (χ4n) is 5.40. The number of hydrogen-bond donors (Lipinski definition) is 4. The van der Waals surface area contributed by atoms with Gasteiger partial charge in [-0.05, 0) is 67.3 Å². The normalized spacial score (nSPS) is 34.4. The maximum Gasteiger partial charge on any atom is 0.612 e. The minimum atomic E-state index is -4.82. The first-order chi connectivity index (χ1) is 12.5. The molecule has 4 atom stereocenters. The third-order valence-corrected chi connectivity index (χ3v) is 8.70. The first kappa shape index (κ1) is 21.8. The molecule has 0 aromatic heterocycles. The van der Waals surface area contributed by atoms with Crippen molar-refractivity contribution in [3.8, 4) is 0 Å². The van der Waals surface area contributed by atoms with Crippen molar-refractivity contribution in [2.24, 2.45) is 23.2 Å². The van der Waals surface area contributed by atoms with E-state index in [0.717, 1.165) is 36.7 Å². The zero-order valence-electron chi connectivity index (χ0n) is 16.0. The molecule has 3 rings (SSSR count). The SMILES string of the molecule is CC1(C)CCCC2[C@@H]3CC/C(=C/CO[P+]([O-])(O)O[P+](O)(O)O)C=C3CC[C@@H]21. The average Bonchev–Trinajstić information content (AvgIpc) is 2.51. The van der Waals surface area contributed by atoms with Gasteiger partial charge < -0.3 is 4.89 Å². The van der Waals surface area contributed by atoms with Gasteiger partial charge in [0, 0.05) is 0 Å². The van der Waals surface area contributed by atoms with Crippen LogP contribution in [0.1, 0.15) is 58.8 Å². The molecule has 0 bridgehead atoms. The Labute approximate surface area is 162 Å². The molecular weight excluding hydrogens is 390 g/mol. The average molecular weight is 421 g/mol. The highest BCUT2D eigenvalue weighted by Crippen LogP contribution is 2.64. The van der Waals surface area contributed by atoms with Crippen molar-refractivity contribution in [2.45, 2.75) is 58.8 Å². The molecule has 0 saturated heterocycles. The highest BCUT2D eigenvalue weighted by Gasteiger charge is 2.50. The van der Waals surface area contributed by atoms with E-state index in [-0.39, 0.29) is 6.61 Å². The van der Waals surface area contributed by atoms with Gasteiger partial charge >= 0.3 is 16.3 Å². The van der Waals surface area contributed by atoms with E-state index in [4.69, 9.17) is 14.7 Å². The Morgan fingerprint density at radius 2 is 1.93 bits per heavy atom. The molecule has 27 heavy (non-hydrogen) atoms. The number of phosphoric ester groups is 1. The van der Waals surface area contributed by atoms with E-state index in [9.17, 15) is 9.79 Å². The molecule has 154 valence electrons. The van der Waals surface area contributed by atoms with Crippen molar-refractivity contribution in [1.29, 1.82) is 0 Å². The zero-order chi connectivity index (χ0) is 19.9. The van der Waals surface area contributed by atoms with Crippen LogP contribution in [0.5, 0.6) is 0 Å². The molecule has 3 aliphatic carbocycles. The second-order valence-corrected chi connectivity index (χ2v) is 11.6. The highest BCUT2D eigenvalue weighted by atomic mass is 31.3. The molecule has 9 heteroatoms. The van der Waals surface area contributed by atoms with Crippen molar-refractivity contribution in [2.75, 3.05) is 6.61 Å². The Morgan fingerprint density at radius 1 is 1.19 bits per heavy atom. The summed E-state index contributed by atoms with van der Waals surface area (Å²) in [7, 11) is -9.54. The first-order valence-corrected chi connectivity index (χ1v) is 12.7. The Balaban J connectivity index is 1.61. The Bertz CT molecular complexity index is 609. The molecule has 0 heterocycles. The summed E-state index contributed by atoms with van der Waals surface area (Å²) < 4.78 is 8.59. The van der Waals surface area contributed by atoms with Crippen LogP contribution in [0.3, 0.4) is 0 Å². The fourth-order valence-corrected chi connectivity index (χ4v) is 6.96. The molecule has 0 aromatic rings. The molecule has 0 spiro atoms. The summed E-state index contributed by atoms with van der Waals surface area (Å²) in [5.41, 5.74) is 2.98. The first-order valence-electron chi connectivity index (χ1n) is 9.62. The van der Waals surface area contributed by atoms with E-state index in [2.05, 4.69) is 28.8 Å². The lowest BCUT2D eigenvalue weighted by molar-refractivity contribution is -0.234. The summed E-state index contributed by atoms with van der Waals surface area (Å²) >= 11 is 0. The number of fused-ring (bicyclic) bond motifs is 3. The van der Waals surface area contributed by atoms with Crippen LogP contribution in [0.15, 0.2) is 23.3 Å². The van der Waals surface area contributed by atoms with Crippen molar-refractivity contribution < 1.29 is 33.3 Å². The van der Waals surface area contributed by atoms with Crippen molar-refractivity contribution in [3.05, 3.63) is 23.3 Å².